The molecule has 1 atom stereocenters. The number of nitrogens with zero attached hydrogens (tertiary/aromatic N) is 1. The van der Waals surface area contributed by atoms with Crippen molar-refractivity contribution in [1.82, 2.24) is 10.5 Å². The molecular weight excluding hydrogens is 405 g/mol. The van der Waals surface area contributed by atoms with E-state index in [0.717, 1.165) is 5.70 Å². The number of hydrogen-bond donors (Lipinski definition) is 2. The number of hydrogen-bond acceptors (Lipinski definition) is 6. The Labute approximate surface area is 172 Å². The lowest BCUT2D eigenvalue weighted by molar-refractivity contribution is -0.0525. The second-order valence-corrected chi connectivity index (χ2v) is 7.25. The molecule has 1 aliphatic heterocycles. The van der Waals surface area contributed by atoms with E-state index in [0.29, 0.717) is 22.7 Å². The SMILES string of the molecule is COc1ccc(C(=O)Nc2c(Cl)cncc2Cl)cc1OCC1(C)C=C(C)NO1. The van der Waals surface area contributed by atoms with Crippen LogP contribution in [0.25, 0.3) is 0 Å². The zero-order chi connectivity index (χ0) is 20.3. The van der Waals surface area contributed by atoms with Crippen LogP contribution in [0.5, 0.6) is 11.5 Å². The van der Waals surface area contributed by atoms with Crippen LogP contribution in [0.1, 0.15) is 24.2 Å². The molecule has 0 radical (unpaired) electrons. The number of benzene rings is 1. The number of anilines is 1. The number of rotatable bonds is 6. The number of halogens is 2. The molecule has 1 amide bonds. The van der Waals surface area contributed by atoms with Gasteiger partial charge in [-0.05, 0) is 38.1 Å². The molecular formula is C19H19Cl2N3O4. The summed E-state index contributed by atoms with van der Waals surface area (Å²) >= 11 is 12.1. The maximum absolute atomic E-state index is 12.6. The zero-order valence-electron chi connectivity index (χ0n) is 15.5. The summed E-state index contributed by atoms with van der Waals surface area (Å²) in [6.45, 7) is 4.00. The first-order valence-electron chi connectivity index (χ1n) is 8.36. The Morgan fingerprint density at radius 3 is 2.61 bits per heavy atom. The standard InChI is InChI=1S/C19H19Cl2N3O4/c1-11-7-19(2,28-24-11)10-27-16-6-12(4-5-15(16)26-3)18(25)23-17-13(20)8-22-9-14(17)21/h4-9,24H,10H2,1-3H3,(H,22,23,25). The van der Waals surface area contributed by atoms with Gasteiger partial charge in [-0.2, -0.15) is 0 Å². The summed E-state index contributed by atoms with van der Waals surface area (Å²) in [5.41, 5.74) is 3.71. The lowest BCUT2D eigenvalue weighted by atomic mass is 10.1. The zero-order valence-corrected chi connectivity index (χ0v) is 17.0. The highest BCUT2D eigenvalue weighted by Crippen LogP contribution is 2.32. The number of aromatic nitrogens is 1. The van der Waals surface area contributed by atoms with Crippen LogP contribution in [0.3, 0.4) is 0 Å². The van der Waals surface area contributed by atoms with Crippen molar-refractivity contribution < 1.29 is 19.1 Å². The Balaban J connectivity index is 1.79. The van der Waals surface area contributed by atoms with Gasteiger partial charge in [0.05, 0.1) is 22.8 Å². The highest BCUT2D eigenvalue weighted by molar-refractivity contribution is 6.39. The fourth-order valence-corrected chi connectivity index (χ4v) is 3.11. The summed E-state index contributed by atoms with van der Waals surface area (Å²) in [6, 6.07) is 4.85. The number of amides is 1. The molecule has 1 aromatic carbocycles. The van der Waals surface area contributed by atoms with Gasteiger partial charge in [0.15, 0.2) is 11.5 Å². The van der Waals surface area contributed by atoms with E-state index in [1.807, 2.05) is 19.9 Å². The van der Waals surface area contributed by atoms with Gasteiger partial charge in [-0.15, -0.1) is 0 Å². The lowest BCUT2D eigenvalue weighted by Gasteiger charge is -2.21. The Morgan fingerprint density at radius 2 is 2.00 bits per heavy atom. The van der Waals surface area contributed by atoms with E-state index < -0.39 is 11.5 Å². The van der Waals surface area contributed by atoms with Crippen LogP contribution in [-0.2, 0) is 4.84 Å². The molecule has 3 rings (SSSR count). The van der Waals surface area contributed by atoms with Crippen molar-refractivity contribution >= 4 is 34.8 Å². The first kappa shape index (κ1) is 20.3. The van der Waals surface area contributed by atoms with Crippen molar-refractivity contribution in [2.24, 2.45) is 0 Å². The van der Waals surface area contributed by atoms with E-state index in [-0.39, 0.29) is 16.7 Å². The van der Waals surface area contributed by atoms with Gasteiger partial charge in [-0.3, -0.25) is 20.1 Å². The van der Waals surface area contributed by atoms with Crippen LogP contribution in [0, 0.1) is 0 Å². The number of methoxy groups -OCH3 is 1. The fourth-order valence-electron chi connectivity index (χ4n) is 2.65. The summed E-state index contributed by atoms with van der Waals surface area (Å²) in [5, 5.41) is 3.17. The molecule has 1 unspecified atom stereocenters. The van der Waals surface area contributed by atoms with Crippen LogP contribution >= 0.6 is 23.2 Å². The smallest absolute Gasteiger partial charge is 0.255 e. The van der Waals surface area contributed by atoms with E-state index in [1.165, 1.54) is 19.5 Å². The molecule has 148 valence electrons. The van der Waals surface area contributed by atoms with Crippen molar-refractivity contribution in [3.05, 3.63) is 58.0 Å². The Bertz CT molecular complexity index is 915. The Hall–Kier alpha value is -2.48. The molecule has 0 bridgehead atoms. The molecule has 9 heteroatoms. The molecule has 0 saturated heterocycles. The molecule has 2 aromatic rings. The summed E-state index contributed by atoms with van der Waals surface area (Å²) in [7, 11) is 1.53. The van der Waals surface area contributed by atoms with Crippen LogP contribution in [-0.4, -0.2) is 30.2 Å². The molecule has 28 heavy (non-hydrogen) atoms. The topological polar surface area (TPSA) is 81.7 Å². The minimum atomic E-state index is -0.633. The maximum Gasteiger partial charge on any atom is 0.255 e. The summed E-state index contributed by atoms with van der Waals surface area (Å²) in [6.07, 6.45) is 4.72. The van der Waals surface area contributed by atoms with Crippen molar-refractivity contribution in [3.8, 4) is 11.5 Å². The second kappa shape index (κ2) is 8.26. The summed E-state index contributed by atoms with van der Waals surface area (Å²) < 4.78 is 11.2. The first-order chi connectivity index (χ1) is 13.3. The molecule has 0 saturated carbocycles. The third kappa shape index (κ3) is 4.49. The third-order valence-electron chi connectivity index (χ3n) is 4.00. The van der Waals surface area contributed by atoms with Crippen molar-refractivity contribution in [1.29, 1.82) is 0 Å². The average Bonchev–Trinajstić information content (AvgIpc) is 3.02. The van der Waals surface area contributed by atoms with Crippen molar-refractivity contribution in [2.45, 2.75) is 19.4 Å². The average molecular weight is 424 g/mol. The fraction of sp³-hybridized carbons (Fsp3) is 0.263. The van der Waals surface area contributed by atoms with Crippen molar-refractivity contribution in [3.63, 3.8) is 0 Å². The van der Waals surface area contributed by atoms with E-state index in [1.54, 1.807) is 18.2 Å². The minimum absolute atomic E-state index is 0.223. The number of carbonyl (C=O) groups is 1. The number of pyridine rings is 1. The van der Waals surface area contributed by atoms with Crippen molar-refractivity contribution in [2.75, 3.05) is 19.0 Å². The highest BCUT2D eigenvalue weighted by Gasteiger charge is 2.30. The van der Waals surface area contributed by atoms with Crippen LogP contribution < -0.4 is 20.3 Å². The van der Waals surface area contributed by atoms with Crippen LogP contribution in [0.15, 0.2) is 42.4 Å². The van der Waals surface area contributed by atoms with Gasteiger partial charge in [-0.25, -0.2) is 0 Å². The highest BCUT2D eigenvalue weighted by atomic mass is 35.5. The Morgan fingerprint density at radius 1 is 1.29 bits per heavy atom. The quantitative estimate of drug-likeness (QED) is 0.723. The second-order valence-electron chi connectivity index (χ2n) is 6.43. The molecule has 1 aromatic heterocycles. The van der Waals surface area contributed by atoms with Gasteiger partial charge < -0.3 is 14.8 Å². The Kier molecular flexibility index (Phi) is 5.98. The molecule has 2 heterocycles. The summed E-state index contributed by atoms with van der Waals surface area (Å²) in [4.78, 5) is 22.0. The normalized spacial score (nSPS) is 18.2. The molecule has 0 fully saturated rings. The number of nitrogens with one attached hydrogen (secondary N) is 2. The molecule has 0 spiro atoms. The molecule has 7 nitrogen and oxygen atoms in total. The van der Waals surface area contributed by atoms with Crippen LogP contribution in [0.2, 0.25) is 10.0 Å². The lowest BCUT2D eigenvalue weighted by Crippen LogP contribution is -2.33. The van der Waals surface area contributed by atoms with Crippen LogP contribution in [0.4, 0.5) is 5.69 Å². The van der Waals surface area contributed by atoms with Gasteiger partial charge in [-0.1, -0.05) is 23.2 Å². The van der Waals surface area contributed by atoms with Gasteiger partial charge >= 0.3 is 0 Å². The maximum atomic E-state index is 12.6. The number of hydroxylamine groups is 1. The minimum Gasteiger partial charge on any atom is -0.493 e. The monoisotopic (exact) mass is 423 g/mol. The van der Waals surface area contributed by atoms with Gasteiger partial charge in [0.2, 0.25) is 0 Å². The van der Waals surface area contributed by atoms with E-state index in [2.05, 4.69) is 15.8 Å². The number of ether oxygens (including phenoxy) is 2. The number of carbonyl (C=O) groups excluding carboxylic acids is 1. The molecule has 2 N–H and O–H groups in total. The van der Waals surface area contributed by atoms with Gasteiger partial charge in [0.1, 0.15) is 12.2 Å². The first-order valence-corrected chi connectivity index (χ1v) is 9.11. The predicted molar refractivity (Wildman–Crippen MR) is 107 cm³/mol. The van der Waals surface area contributed by atoms with Gasteiger partial charge in [0.25, 0.3) is 5.91 Å². The summed E-state index contributed by atoms with van der Waals surface area (Å²) in [5.74, 6) is 0.500. The van der Waals surface area contributed by atoms with E-state index in [9.17, 15) is 4.79 Å². The number of allylic oxidation sites excluding steroid dienone is 1. The van der Waals surface area contributed by atoms with E-state index >= 15 is 0 Å². The largest absolute Gasteiger partial charge is 0.493 e. The third-order valence-corrected chi connectivity index (χ3v) is 4.57. The van der Waals surface area contributed by atoms with E-state index in [4.69, 9.17) is 37.5 Å². The van der Waals surface area contributed by atoms with Gasteiger partial charge in [0, 0.05) is 23.7 Å². The molecule has 0 aliphatic carbocycles. The molecule has 1 aliphatic rings. The predicted octanol–water partition coefficient (Wildman–Crippen LogP) is 4.23.